The maximum atomic E-state index is 11.8. The van der Waals surface area contributed by atoms with E-state index in [1.165, 1.54) is 32.1 Å². The summed E-state index contributed by atoms with van der Waals surface area (Å²) in [7, 11) is 0. The van der Waals surface area contributed by atoms with Crippen LogP contribution in [0.25, 0.3) is 0 Å². The summed E-state index contributed by atoms with van der Waals surface area (Å²) in [6.45, 7) is 7.31. The minimum absolute atomic E-state index is 0.0647. The standard InChI is InChI=1S/C15H30N2O2/c1-15(2,3)13(16)14(18)17-10-7-11-19-12-8-5-4-6-9-12/h12-13H,4-11,16H2,1-3H3,(H,17,18)/t13-/m1/s1. The Hall–Kier alpha value is -0.610. The molecule has 0 radical (unpaired) electrons. The van der Waals surface area contributed by atoms with Crippen molar-refractivity contribution in [2.24, 2.45) is 11.1 Å². The van der Waals surface area contributed by atoms with Crippen LogP contribution in [0.2, 0.25) is 0 Å². The average molecular weight is 270 g/mol. The fraction of sp³-hybridized carbons (Fsp3) is 0.933. The largest absolute Gasteiger partial charge is 0.378 e. The van der Waals surface area contributed by atoms with E-state index in [2.05, 4.69) is 5.32 Å². The van der Waals surface area contributed by atoms with Gasteiger partial charge in [-0.1, -0.05) is 40.0 Å². The molecule has 0 heterocycles. The van der Waals surface area contributed by atoms with Crippen molar-refractivity contribution in [3.8, 4) is 0 Å². The molecule has 4 nitrogen and oxygen atoms in total. The molecule has 1 amide bonds. The van der Waals surface area contributed by atoms with Gasteiger partial charge in [0.05, 0.1) is 12.1 Å². The van der Waals surface area contributed by atoms with Crippen LogP contribution in [-0.4, -0.2) is 31.2 Å². The van der Waals surface area contributed by atoms with Crippen molar-refractivity contribution in [2.45, 2.75) is 71.4 Å². The number of rotatable bonds is 6. The Labute approximate surface area is 117 Å². The summed E-state index contributed by atoms with van der Waals surface area (Å²) >= 11 is 0. The molecule has 0 aromatic carbocycles. The Bertz CT molecular complexity index is 268. The van der Waals surface area contributed by atoms with Crippen molar-refractivity contribution in [2.75, 3.05) is 13.2 Å². The molecule has 1 atom stereocenters. The first-order chi connectivity index (χ1) is 8.91. The van der Waals surface area contributed by atoms with Crippen molar-refractivity contribution in [1.29, 1.82) is 0 Å². The van der Waals surface area contributed by atoms with Crippen LogP contribution in [0.15, 0.2) is 0 Å². The van der Waals surface area contributed by atoms with Crippen molar-refractivity contribution in [1.82, 2.24) is 5.32 Å². The van der Waals surface area contributed by atoms with Crippen molar-refractivity contribution >= 4 is 5.91 Å². The predicted molar refractivity (Wildman–Crippen MR) is 77.9 cm³/mol. The van der Waals surface area contributed by atoms with Crippen molar-refractivity contribution in [3.05, 3.63) is 0 Å². The van der Waals surface area contributed by atoms with Gasteiger partial charge in [-0.05, 0) is 24.7 Å². The van der Waals surface area contributed by atoms with Gasteiger partial charge >= 0.3 is 0 Å². The number of amides is 1. The van der Waals surface area contributed by atoms with Gasteiger partial charge in [0.1, 0.15) is 0 Å². The van der Waals surface area contributed by atoms with Gasteiger partial charge in [0, 0.05) is 13.2 Å². The van der Waals surface area contributed by atoms with E-state index in [0.29, 0.717) is 12.6 Å². The molecule has 1 saturated carbocycles. The van der Waals surface area contributed by atoms with Crippen LogP contribution in [0.4, 0.5) is 0 Å². The molecule has 0 unspecified atom stereocenters. The van der Waals surface area contributed by atoms with Gasteiger partial charge in [-0.15, -0.1) is 0 Å². The van der Waals surface area contributed by atoms with Gasteiger partial charge in [-0.2, -0.15) is 0 Å². The number of hydrogen-bond donors (Lipinski definition) is 2. The van der Waals surface area contributed by atoms with Crippen LogP contribution in [0.1, 0.15) is 59.3 Å². The zero-order valence-electron chi connectivity index (χ0n) is 12.7. The van der Waals surface area contributed by atoms with Gasteiger partial charge in [0.15, 0.2) is 0 Å². The Kier molecular flexibility index (Phi) is 6.80. The molecule has 4 heteroatoms. The maximum Gasteiger partial charge on any atom is 0.237 e. The summed E-state index contributed by atoms with van der Waals surface area (Å²) < 4.78 is 5.81. The molecule has 0 saturated heterocycles. The van der Waals surface area contributed by atoms with E-state index in [1.807, 2.05) is 20.8 Å². The van der Waals surface area contributed by atoms with Crippen LogP contribution in [0.3, 0.4) is 0 Å². The Morgan fingerprint density at radius 2 is 1.95 bits per heavy atom. The SMILES string of the molecule is CC(C)(C)[C@H](N)C(=O)NCCCOC1CCCCC1. The van der Waals surface area contributed by atoms with Gasteiger partial charge < -0.3 is 15.8 Å². The third-order valence-electron chi connectivity index (χ3n) is 3.74. The summed E-state index contributed by atoms with van der Waals surface area (Å²) in [5, 5.41) is 2.88. The van der Waals surface area contributed by atoms with Crippen LogP contribution >= 0.6 is 0 Å². The fourth-order valence-electron chi connectivity index (χ4n) is 2.27. The number of carbonyl (C=O) groups is 1. The number of ether oxygens (including phenoxy) is 1. The molecule has 0 aromatic heterocycles. The van der Waals surface area contributed by atoms with Gasteiger partial charge in [-0.3, -0.25) is 4.79 Å². The maximum absolute atomic E-state index is 11.8. The molecule has 1 rings (SSSR count). The van der Waals surface area contributed by atoms with Gasteiger partial charge in [0.2, 0.25) is 5.91 Å². The van der Waals surface area contributed by atoms with E-state index in [9.17, 15) is 4.79 Å². The van der Waals surface area contributed by atoms with Crippen LogP contribution in [-0.2, 0) is 9.53 Å². The lowest BCUT2D eigenvalue weighted by atomic mass is 9.87. The van der Waals surface area contributed by atoms with Crippen LogP contribution in [0.5, 0.6) is 0 Å². The Morgan fingerprint density at radius 1 is 1.32 bits per heavy atom. The Balaban J connectivity index is 2.05. The quantitative estimate of drug-likeness (QED) is 0.727. The first-order valence-electron chi connectivity index (χ1n) is 7.56. The first-order valence-corrected chi connectivity index (χ1v) is 7.56. The summed E-state index contributed by atoms with van der Waals surface area (Å²) in [4.78, 5) is 11.8. The highest BCUT2D eigenvalue weighted by Gasteiger charge is 2.26. The molecule has 3 N–H and O–H groups in total. The number of nitrogens with one attached hydrogen (secondary N) is 1. The molecule has 1 fully saturated rings. The normalized spacial score (nSPS) is 19.2. The van der Waals surface area contributed by atoms with Gasteiger partial charge in [0.25, 0.3) is 0 Å². The second-order valence-corrected chi connectivity index (χ2v) is 6.62. The zero-order chi connectivity index (χ0) is 14.3. The van der Waals surface area contributed by atoms with Gasteiger partial charge in [-0.25, -0.2) is 0 Å². The second kappa shape index (κ2) is 7.85. The molecular weight excluding hydrogens is 240 g/mol. The van der Waals surface area contributed by atoms with E-state index in [0.717, 1.165) is 13.0 Å². The highest BCUT2D eigenvalue weighted by Crippen LogP contribution is 2.20. The van der Waals surface area contributed by atoms with E-state index in [4.69, 9.17) is 10.5 Å². The minimum atomic E-state index is -0.452. The van der Waals surface area contributed by atoms with E-state index in [1.54, 1.807) is 0 Å². The predicted octanol–water partition coefficient (Wildman–Crippen LogP) is 2.22. The smallest absolute Gasteiger partial charge is 0.237 e. The van der Waals surface area contributed by atoms with Crippen molar-refractivity contribution in [3.63, 3.8) is 0 Å². The van der Waals surface area contributed by atoms with E-state index in [-0.39, 0.29) is 11.3 Å². The summed E-state index contributed by atoms with van der Waals surface area (Å²) in [6, 6.07) is -0.452. The second-order valence-electron chi connectivity index (χ2n) is 6.62. The number of nitrogens with two attached hydrogens (primary N) is 1. The molecular formula is C15H30N2O2. The zero-order valence-corrected chi connectivity index (χ0v) is 12.7. The molecule has 0 aliphatic heterocycles. The molecule has 0 spiro atoms. The lowest BCUT2D eigenvalue weighted by Gasteiger charge is -2.26. The number of hydrogen-bond acceptors (Lipinski definition) is 3. The molecule has 1 aliphatic rings. The fourth-order valence-corrected chi connectivity index (χ4v) is 2.27. The number of carbonyl (C=O) groups excluding carboxylic acids is 1. The first kappa shape index (κ1) is 16.4. The molecule has 112 valence electrons. The molecule has 19 heavy (non-hydrogen) atoms. The van der Waals surface area contributed by atoms with E-state index >= 15 is 0 Å². The topological polar surface area (TPSA) is 64.4 Å². The lowest BCUT2D eigenvalue weighted by Crippen LogP contribution is -2.48. The summed E-state index contributed by atoms with van der Waals surface area (Å²) in [5.41, 5.74) is 5.69. The highest BCUT2D eigenvalue weighted by molar-refractivity contribution is 5.82. The van der Waals surface area contributed by atoms with E-state index < -0.39 is 6.04 Å². The Morgan fingerprint density at radius 3 is 2.53 bits per heavy atom. The lowest BCUT2D eigenvalue weighted by molar-refractivity contribution is -0.124. The van der Waals surface area contributed by atoms with Crippen LogP contribution in [0, 0.1) is 5.41 Å². The molecule has 0 bridgehead atoms. The highest BCUT2D eigenvalue weighted by atomic mass is 16.5. The molecule has 0 aromatic rings. The van der Waals surface area contributed by atoms with Crippen molar-refractivity contribution < 1.29 is 9.53 Å². The van der Waals surface area contributed by atoms with Crippen LogP contribution < -0.4 is 11.1 Å². The monoisotopic (exact) mass is 270 g/mol. The third-order valence-corrected chi connectivity index (χ3v) is 3.74. The summed E-state index contributed by atoms with van der Waals surface area (Å²) in [5.74, 6) is -0.0647. The third kappa shape index (κ3) is 6.39. The average Bonchev–Trinajstić information content (AvgIpc) is 2.37. The molecule has 1 aliphatic carbocycles. The minimum Gasteiger partial charge on any atom is -0.378 e. The summed E-state index contributed by atoms with van der Waals surface area (Å²) in [6.07, 6.45) is 7.63.